The van der Waals surface area contributed by atoms with Gasteiger partial charge in [0.15, 0.2) is 0 Å². The Morgan fingerprint density at radius 1 is 1.35 bits per heavy atom. The summed E-state index contributed by atoms with van der Waals surface area (Å²) in [7, 11) is 0. The normalized spacial score (nSPS) is 15.8. The molecular formula is C18H22ClFN2S. The second kappa shape index (κ2) is 7.71. The van der Waals surface area contributed by atoms with E-state index in [1.54, 1.807) is 12.1 Å². The van der Waals surface area contributed by atoms with Crippen molar-refractivity contribution in [3.8, 4) is 0 Å². The van der Waals surface area contributed by atoms with Crippen molar-refractivity contribution in [3.05, 3.63) is 45.2 Å². The van der Waals surface area contributed by atoms with E-state index in [0.717, 1.165) is 32.1 Å². The van der Waals surface area contributed by atoms with Crippen LogP contribution in [-0.2, 0) is 6.42 Å². The summed E-state index contributed by atoms with van der Waals surface area (Å²) in [4.78, 5) is 1.28. The van der Waals surface area contributed by atoms with Gasteiger partial charge in [-0.25, -0.2) is 4.39 Å². The maximum Gasteiger partial charge on any atom is 0.128 e. The Balaban J connectivity index is 1.75. The largest absolute Gasteiger partial charge is 0.207 e. The fourth-order valence-electron chi connectivity index (χ4n) is 3.15. The van der Waals surface area contributed by atoms with Crippen LogP contribution in [0.25, 0.3) is 0 Å². The first kappa shape index (κ1) is 16.8. The van der Waals surface area contributed by atoms with Gasteiger partial charge in [0, 0.05) is 21.4 Å². The highest BCUT2D eigenvalue weighted by atomic mass is 35.5. The summed E-state index contributed by atoms with van der Waals surface area (Å²) in [5, 5.41) is 4.85. The third kappa shape index (κ3) is 4.10. The van der Waals surface area contributed by atoms with Gasteiger partial charge in [-0.2, -0.15) is 0 Å². The van der Waals surface area contributed by atoms with Crippen LogP contribution in [0.15, 0.2) is 18.2 Å². The zero-order valence-electron chi connectivity index (χ0n) is 13.4. The molecule has 0 amide bonds. The van der Waals surface area contributed by atoms with E-state index in [9.17, 15) is 4.39 Å². The lowest BCUT2D eigenvalue weighted by Gasteiger charge is -2.19. The quantitative estimate of drug-likeness (QED) is 0.572. The minimum absolute atomic E-state index is 0.165. The minimum atomic E-state index is -0.177. The average molecular weight is 353 g/mol. The number of hydrogen-bond donors (Lipinski definition) is 0. The first-order valence-electron chi connectivity index (χ1n) is 8.45. The highest BCUT2D eigenvalue weighted by molar-refractivity contribution is 7.05. The Labute approximate surface area is 146 Å². The van der Waals surface area contributed by atoms with Crippen molar-refractivity contribution in [1.29, 1.82) is 0 Å². The van der Waals surface area contributed by atoms with E-state index in [1.165, 1.54) is 41.0 Å². The average Bonchev–Trinajstić information content (AvgIpc) is 3.27. The first-order valence-corrected chi connectivity index (χ1v) is 9.60. The smallest absolute Gasteiger partial charge is 0.128 e. The molecule has 0 radical (unpaired) electrons. The number of unbranched alkanes of at least 4 members (excludes halogenated alkanes) is 1. The maximum atomic E-state index is 14.3. The summed E-state index contributed by atoms with van der Waals surface area (Å²) in [6.45, 7) is 2.17. The van der Waals surface area contributed by atoms with Crippen molar-refractivity contribution in [3.63, 3.8) is 0 Å². The summed E-state index contributed by atoms with van der Waals surface area (Å²) in [5.74, 6) is 0.608. The van der Waals surface area contributed by atoms with Crippen molar-refractivity contribution < 1.29 is 4.39 Å². The van der Waals surface area contributed by atoms with Gasteiger partial charge >= 0.3 is 0 Å². The van der Waals surface area contributed by atoms with Crippen LogP contribution in [0.1, 0.15) is 73.4 Å². The van der Waals surface area contributed by atoms with Gasteiger partial charge in [-0.05, 0) is 61.7 Å². The number of aromatic nitrogens is 2. The van der Waals surface area contributed by atoms with Gasteiger partial charge in [-0.15, -0.1) is 5.10 Å². The molecule has 2 nitrogen and oxygen atoms in total. The molecule has 1 heterocycles. The van der Waals surface area contributed by atoms with E-state index < -0.39 is 0 Å². The molecule has 0 spiro atoms. The molecule has 3 rings (SSSR count). The van der Waals surface area contributed by atoms with Crippen molar-refractivity contribution in [2.45, 2.75) is 63.7 Å². The van der Waals surface area contributed by atoms with Crippen molar-refractivity contribution in [2.24, 2.45) is 0 Å². The Morgan fingerprint density at radius 2 is 2.17 bits per heavy atom. The lowest BCUT2D eigenvalue weighted by molar-refractivity contribution is 0.512. The van der Waals surface area contributed by atoms with E-state index in [4.69, 9.17) is 11.6 Å². The molecule has 1 aliphatic carbocycles. The lowest BCUT2D eigenvalue weighted by Crippen LogP contribution is -2.05. The standard InChI is InChI=1S/C18H22ClFN2S/c1-2-3-5-12(17-14(19)6-4-7-15(17)20)10-11-16-18(13-8-9-13)21-22-23-16/h4,6-7,12-13H,2-3,5,8-11H2,1H3. The van der Waals surface area contributed by atoms with Crippen LogP contribution in [0.2, 0.25) is 5.02 Å². The Hall–Kier alpha value is -1.00. The van der Waals surface area contributed by atoms with Crippen LogP contribution in [-0.4, -0.2) is 9.59 Å². The number of nitrogens with zero attached hydrogens (tertiary/aromatic N) is 2. The molecule has 1 saturated carbocycles. The highest BCUT2D eigenvalue weighted by Crippen LogP contribution is 2.42. The molecular weight excluding hydrogens is 331 g/mol. The topological polar surface area (TPSA) is 25.8 Å². The van der Waals surface area contributed by atoms with Gasteiger partial charge in [0.2, 0.25) is 0 Å². The Kier molecular flexibility index (Phi) is 5.65. The molecule has 1 fully saturated rings. The monoisotopic (exact) mass is 352 g/mol. The number of benzene rings is 1. The van der Waals surface area contributed by atoms with Crippen LogP contribution >= 0.6 is 23.1 Å². The van der Waals surface area contributed by atoms with E-state index in [1.807, 2.05) is 0 Å². The minimum Gasteiger partial charge on any atom is -0.207 e. The fraction of sp³-hybridized carbons (Fsp3) is 0.556. The molecule has 1 atom stereocenters. The second-order valence-electron chi connectivity index (χ2n) is 6.37. The van der Waals surface area contributed by atoms with Crippen molar-refractivity contribution >= 4 is 23.1 Å². The molecule has 1 aromatic heterocycles. The predicted octanol–water partition coefficient (Wildman–Crippen LogP) is 6.11. The summed E-state index contributed by atoms with van der Waals surface area (Å²) in [6.07, 6.45) is 7.46. The molecule has 124 valence electrons. The van der Waals surface area contributed by atoms with Crippen molar-refractivity contribution in [2.75, 3.05) is 0 Å². The van der Waals surface area contributed by atoms with Crippen molar-refractivity contribution in [1.82, 2.24) is 9.59 Å². The number of aryl methyl sites for hydroxylation is 1. The van der Waals surface area contributed by atoms with Gasteiger partial charge in [0.25, 0.3) is 0 Å². The zero-order chi connectivity index (χ0) is 16.2. The maximum absolute atomic E-state index is 14.3. The van der Waals surface area contributed by atoms with Crippen LogP contribution in [0.3, 0.4) is 0 Å². The second-order valence-corrected chi connectivity index (χ2v) is 7.61. The summed E-state index contributed by atoms with van der Waals surface area (Å²) >= 11 is 7.79. The third-order valence-electron chi connectivity index (χ3n) is 4.58. The molecule has 0 N–H and O–H groups in total. The summed E-state index contributed by atoms with van der Waals surface area (Å²) in [5.41, 5.74) is 1.87. The van der Waals surface area contributed by atoms with E-state index in [-0.39, 0.29) is 11.7 Å². The molecule has 0 aliphatic heterocycles. The van der Waals surface area contributed by atoms with E-state index in [0.29, 0.717) is 16.5 Å². The molecule has 1 unspecified atom stereocenters. The first-order chi connectivity index (χ1) is 11.2. The fourth-order valence-corrected chi connectivity index (χ4v) is 4.20. The molecule has 5 heteroatoms. The van der Waals surface area contributed by atoms with Gasteiger partial charge in [-0.1, -0.05) is 41.9 Å². The molecule has 0 saturated heterocycles. The number of halogens is 2. The third-order valence-corrected chi connectivity index (χ3v) is 5.71. The van der Waals surface area contributed by atoms with Crippen LogP contribution in [0.5, 0.6) is 0 Å². The van der Waals surface area contributed by atoms with Crippen LogP contribution < -0.4 is 0 Å². The SMILES string of the molecule is CCCCC(CCc1snnc1C1CC1)c1c(F)cccc1Cl. The summed E-state index contributed by atoms with van der Waals surface area (Å²) < 4.78 is 18.4. The highest BCUT2D eigenvalue weighted by Gasteiger charge is 2.29. The van der Waals surface area contributed by atoms with Gasteiger partial charge in [-0.3, -0.25) is 0 Å². The summed E-state index contributed by atoms with van der Waals surface area (Å²) in [6, 6.07) is 4.99. The van der Waals surface area contributed by atoms with Gasteiger partial charge in [0.05, 0.1) is 5.69 Å². The Bertz CT molecular complexity index is 634. The van der Waals surface area contributed by atoms with Crippen LogP contribution in [0.4, 0.5) is 4.39 Å². The number of rotatable bonds is 8. The molecule has 2 aromatic rings. The predicted molar refractivity (Wildman–Crippen MR) is 93.9 cm³/mol. The number of hydrogen-bond acceptors (Lipinski definition) is 3. The molecule has 23 heavy (non-hydrogen) atoms. The van der Waals surface area contributed by atoms with Gasteiger partial charge in [0.1, 0.15) is 5.82 Å². The van der Waals surface area contributed by atoms with E-state index >= 15 is 0 Å². The Morgan fingerprint density at radius 3 is 2.87 bits per heavy atom. The molecule has 1 aliphatic rings. The van der Waals surface area contributed by atoms with E-state index in [2.05, 4.69) is 16.5 Å². The molecule has 1 aromatic carbocycles. The molecule has 0 bridgehead atoms. The van der Waals surface area contributed by atoms with Gasteiger partial charge < -0.3 is 0 Å². The zero-order valence-corrected chi connectivity index (χ0v) is 15.0. The lowest BCUT2D eigenvalue weighted by atomic mass is 9.88. The van der Waals surface area contributed by atoms with Crippen LogP contribution in [0, 0.1) is 5.82 Å².